The number of aromatic nitrogens is 3. The van der Waals surface area contributed by atoms with Crippen LogP contribution in [0.15, 0.2) is 53.6 Å². The lowest BCUT2D eigenvalue weighted by Gasteiger charge is -2.16. The highest BCUT2D eigenvalue weighted by atomic mass is 79.9. The second-order valence-electron chi connectivity index (χ2n) is 5.12. The first-order chi connectivity index (χ1) is 10.7. The van der Waals surface area contributed by atoms with Crippen molar-refractivity contribution in [2.24, 2.45) is 0 Å². The molecule has 112 valence electrons. The molecule has 5 heteroatoms. The van der Waals surface area contributed by atoms with Crippen molar-refractivity contribution in [2.45, 2.75) is 24.7 Å². The summed E-state index contributed by atoms with van der Waals surface area (Å²) in [6, 6.07) is 11.7. The topological polar surface area (TPSA) is 47.8 Å². The molecule has 0 aliphatic heterocycles. The Balaban J connectivity index is 2.21. The predicted molar refractivity (Wildman–Crippen MR) is 91.3 cm³/mol. The van der Waals surface area contributed by atoms with E-state index in [1.54, 1.807) is 23.0 Å². The molecule has 22 heavy (non-hydrogen) atoms. The van der Waals surface area contributed by atoms with E-state index in [1.165, 1.54) is 0 Å². The van der Waals surface area contributed by atoms with Gasteiger partial charge in [-0.3, -0.25) is 14.3 Å². The fourth-order valence-corrected chi connectivity index (χ4v) is 2.77. The summed E-state index contributed by atoms with van der Waals surface area (Å²) in [6.45, 7) is 2.57. The molecule has 4 nitrogen and oxygen atoms in total. The van der Waals surface area contributed by atoms with E-state index in [1.807, 2.05) is 30.3 Å². The van der Waals surface area contributed by atoms with Crippen LogP contribution in [-0.2, 0) is 6.54 Å². The van der Waals surface area contributed by atoms with E-state index in [9.17, 15) is 4.79 Å². The minimum absolute atomic E-state index is 0.0430. The van der Waals surface area contributed by atoms with Crippen molar-refractivity contribution in [3.05, 3.63) is 70.5 Å². The van der Waals surface area contributed by atoms with Gasteiger partial charge in [-0.2, -0.15) is 0 Å². The van der Waals surface area contributed by atoms with E-state index in [4.69, 9.17) is 0 Å². The van der Waals surface area contributed by atoms with Crippen LogP contribution < -0.4 is 5.56 Å². The Morgan fingerprint density at radius 1 is 1.23 bits per heavy atom. The van der Waals surface area contributed by atoms with Gasteiger partial charge < -0.3 is 0 Å². The zero-order valence-electron chi connectivity index (χ0n) is 12.2. The van der Waals surface area contributed by atoms with Gasteiger partial charge in [0, 0.05) is 12.4 Å². The van der Waals surface area contributed by atoms with Gasteiger partial charge in [0.1, 0.15) is 5.82 Å². The van der Waals surface area contributed by atoms with Gasteiger partial charge in [-0.05, 0) is 18.1 Å². The molecule has 1 atom stereocenters. The molecular weight excluding hydrogens is 342 g/mol. The molecule has 0 aliphatic rings. The first kappa shape index (κ1) is 14.9. The van der Waals surface area contributed by atoms with Crippen molar-refractivity contribution in [2.75, 3.05) is 0 Å². The second kappa shape index (κ2) is 6.40. The van der Waals surface area contributed by atoms with E-state index in [0.717, 1.165) is 17.8 Å². The van der Waals surface area contributed by atoms with E-state index in [2.05, 4.69) is 32.8 Å². The lowest BCUT2D eigenvalue weighted by molar-refractivity contribution is 0.662. The number of halogens is 1. The number of hydrogen-bond donors (Lipinski definition) is 0. The minimum atomic E-state index is -0.0464. The van der Waals surface area contributed by atoms with Crippen LogP contribution >= 0.6 is 15.9 Å². The summed E-state index contributed by atoms with van der Waals surface area (Å²) in [5, 5.41) is 0.554. The maximum absolute atomic E-state index is 12.8. The fourth-order valence-electron chi connectivity index (χ4n) is 2.42. The number of pyridine rings is 1. The third-order valence-electron chi connectivity index (χ3n) is 3.61. The molecule has 0 fully saturated rings. The molecule has 0 aliphatic carbocycles. The number of nitrogens with zero attached hydrogens (tertiary/aromatic N) is 3. The Morgan fingerprint density at radius 3 is 2.73 bits per heavy atom. The van der Waals surface area contributed by atoms with Gasteiger partial charge in [-0.25, -0.2) is 4.98 Å². The van der Waals surface area contributed by atoms with E-state index < -0.39 is 0 Å². The number of alkyl halides is 1. The van der Waals surface area contributed by atoms with E-state index in [0.29, 0.717) is 17.4 Å². The summed E-state index contributed by atoms with van der Waals surface area (Å²) >= 11 is 3.63. The highest BCUT2D eigenvalue weighted by molar-refractivity contribution is 9.09. The smallest absolute Gasteiger partial charge is 0.263 e. The standard InChI is InChI=1S/C17H16BrN3O/c1-2-14(18)16-20-15-8-9-19-10-13(15)17(22)21(16)11-12-6-4-3-5-7-12/h3-10,14H,2,11H2,1H3. The predicted octanol–water partition coefficient (Wildman–Crippen LogP) is 3.69. The van der Waals surface area contributed by atoms with Crippen LogP contribution in [0.2, 0.25) is 0 Å². The van der Waals surface area contributed by atoms with E-state index in [-0.39, 0.29) is 10.4 Å². The van der Waals surface area contributed by atoms with Crippen molar-refractivity contribution >= 4 is 26.8 Å². The molecule has 1 aromatic carbocycles. The highest BCUT2D eigenvalue weighted by Crippen LogP contribution is 2.25. The van der Waals surface area contributed by atoms with Crippen LogP contribution in [0.25, 0.3) is 10.9 Å². The molecule has 0 spiro atoms. The van der Waals surface area contributed by atoms with Crippen LogP contribution in [0.1, 0.15) is 29.6 Å². The molecule has 0 saturated heterocycles. The van der Waals surface area contributed by atoms with Crippen LogP contribution in [0.3, 0.4) is 0 Å². The van der Waals surface area contributed by atoms with Gasteiger partial charge in [0.25, 0.3) is 5.56 Å². The van der Waals surface area contributed by atoms with Gasteiger partial charge >= 0.3 is 0 Å². The largest absolute Gasteiger partial charge is 0.291 e. The summed E-state index contributed by atoms with van der Waals surface area (Å²) in [5.41, 5.74) is 1.72. The molecule has 2 aromatic heterocycles. The highest BCUT2D eigenvalue weighted by Gasteiger charge is 2.16. The molecule has 2 heterocycles. The first-order valence-corrected chi connectivity index (χ1v) is 8.14. The number of fused-ring (bicyclic) bond motifs is 1. The van der Waals surface area contributed by atoms with Gasteiger partial charge in [0.15, 0.2) is 0 Å². The quantitative estimate of drug-likeness (QED) is 0.669. The fraction of sp³-hybridized carbons (Fsp3) is 0.235. The third-order valence-corrected chi connectivity index (χ3v) is 4.66. The maximum Gasteiger partial charge on any atom is 0.263 e. The molecule has 0 saturated carbocycles. The SMILES string of the molecule is CCC(Br)c1nc2ccncc2c(=O)n1Cc1ccccc1. The maximum atomic E-state index is 12.8. The molecule has 3 aromatic rings. The average molecular weight is 358 g/mol. The van der Waals surface area contributed by atoms with Crippen LogP contribution in [-0.4, -0.2) is 14.5 Å². The number of rotatable bonds is 4. The second-order valence-corrected chi connectivity index (χ2v) is 6.22. The Hall–Kier alpha value is -2.01. The molecule has 0 bridgehead atoms. The number of hydrogen-bond acceptors (Lipinski definition) is 3. The summed E-state index contributed by atoms with van der Waals surface area (Å²) in [6.07, 6.45) is 4.11. The molecule has 0 amide bonds. The zero-order valence-corrected chi connectivity index (χ0v) is 13.8. The Kier molecular flexibility index (Phi) is 4.34. The zero-order chi connectivity index (χ0) is 15.5. The summed E-state index contributed by atoms with van der Waals surface area (Å²) < 4.78 is 1.74. The van der Waals surface area contributed by atoms with Gasteiger partial charge in [0.05, 0.1) is 22.3 Å². The Morgan fingerprint density at radius 2 is 2.00 bits per heavy atom. The van der Waals surface area contributed by atoms with Crippen LogP contribution in [0.5, 0.6) is 0 Å². The van der Waals surface area contributed by atoms with Crippen molar-refractivity contribution < 1.29 is 0 Å². The summed E-state index contributed by atoms with van der Waals surface area (Å²) in [7, 11) is 0. The Bertz CT molecular complexity index is 845. The lowest BCUT2D eigenvalue weighted by atomic mass is 10.2. The summed E-state index contributed by atoms with van der Waals surface area (Å²) in [4.78, 5) is 21.6. The molecule has 0 N–H and O–H groups in total. The minimum Gasteiger partial charge on any atom is -0.291 e. The number of benzene rings is 1. The van der Waals surface area contributed by atoms with Crippen molar-refractivity contribution in [3.8, 4) is 0 Å². The lowest BCUT2D eigenvalue weighted by Crippen LogP contribution is -2.26. The van der Waals surface area contributed by atoms with Crippen molar-refractivity contribution in [3.63, 3.8) is 0 Å². The van der Waals surface area contributed by atoms with Gasteiger partial charge in [-0.15, -0.1) is 0 Å². The first-order valence-electron chi connectivity index (χ1n) is 7.23. The van der Waals surface area contributed by atoms with Crippen LogP contribution in [0.4, 0.5) is 0 Å². The van der Waals surface area contributed by atoms with Crippen LogP contribution in [0, 0.1) is 0 Å². The molecule has 3 rings (SSSR count). The average Bonchev–Trinajstić information content (AvgIpc) is 2.57. The van der Waals surface area contributed by atoms with Gasteiger partial charge in [0.2, 0.25) is 0 Å². The molecule has 0 radical (unpaired) electrons. The Labute approximate surface area is 137 Å². The van der Waals surface area contributed by atoms with E-state index >= 15 is 0 Å². The summed E-state index contributed by atoms with van der Waals surface area (Å²) in [5.74, 6) is 0.759. The normalized spacial score (nSPS) is 12.5. The monoisotopic (exact) mass is 357 g/mol. The van der Waals surface area contributed by atoms with Gasteiger partial charge in [-0.1, -0.05) is 53.2 Å². The van der Waals surface area contributed by atoms with Crippen molar-refractivity contribution in [1.82, 2.24) is 14.5 Å². The molecule has 1 unspecified atom stereocenters. The molecular formula is C17H16BrN3O. The third kappa shape index (κ3) is 2.81. The van der Waals surface area contributed by atoms with Crippen molar-refractivity contribution in [1.29, 1.82) is 0 Å².